The third kappa shape index (κ3) is 4.63. The zero-order valence-electron chi connectivity index (χ0n) is 10.7. The molecule has 0 aromatic carbocycles. The number of hydrogen-bond acceptors (Lipinski definition) is 5. The number of rotatable bonds is 8. The van der Waals surface area contributed by atoms with Gasteiger partial charge in [0.1, 0.15) is 6.04 Å². The van der Waals surface area contributed by atoms with Crippen LogP contribution in [0.15, 0.2) is 17.6 Å². The molecule has 1 rings (SSSR count). The Bertz CT molecular complexity index is 594. The highest BCUT2D eigenvalue weighted by atomic mass is 32.2. The summed E-state index contributed by atoms with van der Waals surface area (Å²) in [5, 5.41) is 17.1. The molecule has 0 fully saturated rings. The molecule has 112 valence electrons. The van der Waals surface area contributed by atoms with Crippen molar-refractivity contribution in [2.45, 2.75) is 30.3 Å². The van der Waals surface area contributed by atoms with E-state index in [1.165, 1.54) is 17.1 Å². The monoisotopic (exact) mass is 305 g/mol. The molecular formula is C10H15N3O6S. The Morgan fingerprint density at radius 2 is 2.10 bits per heavy atom. The molecule has 0 saturated heterocycles. The van der Waals surface area contributed by atoms with E-state index in [1.807, 2.05) is 4.72 Å². The highest BCUT2D eigenvalue weighted by Crippen LogP contribution is 2.09. The Morgan fingerprint density at radius 1 is 1.45 bits per heavy atom. The summed E-state index contributed by atoms with van der Waals surface area (Å²) in [5.41, 5.74) is 0. The molecule has 0 aliphatic heterocycles. The maximum atomic E-state index is 11.9. The first kappa shape index (κ1) is 16.1. The van der Waals surface area contributed by atoms with Crippen molar-refractivity contribution in [1.29, 1.82) is 0 Å². The summed E-state index contributed by atoms with van der Waals surface area (Å²) in [4.78, 5) is 25.0. The second-order valence-corrected chi connectivity index (χ2v) is 5.84. The SMILES string of the molecule is Cn1cnc(S(=O)(=O)N[C@H](CCCC(=O)O)C(=O)O)c1. The molecule has 1 atom stereocenters. The number of aliphatic carboxylic acids is 2. The van der Waals surface area contributed by atoms with Gasteiger partial charge in [0.05, 0.1) is 6.33 Å². The van der Waals surface area contributed by atoms with E-state index in [0.717, 1.165) is 0 Å². The van der Waals surface area contributed by atoms with Gasteiger partial charge in [0.25, 0.3) is 10.0 Å². The summed E-state index contributed by atoms with van der Waals surface area (Å²) in [5.74, 6) is -2.43. The summed E-state index contributed by atoms with van der Waals surface area (Å²) in [6.45, 7) is 0. The van der Waals surface area contributed by atoms with Crippen LogP contribution >= 0.6 is 0 Å². The van der Waals surface area contributed by atoms with Crippen LogP contribution < -0.4 is 4.72 Å². The number of nitrogens with zero attached hydrogens (tertiary/aromatic N) is 2. The van der Waals surface area contributed by atoms with Crippen molar-refractivity contribution in [2.24, 2.45) is 7.05 Å². The maximum Gasteiger partial charge on any atom is 0.321 e. The van der Waals surface area contributed by atoms with Crippen LogP contribution in [0.2, 0.25) is 0 Å². The fourth-order valence-electron chi connectivity index (χ4n) is 1.47. The predicted molar refractivity (Wildman–Crippen MR) is 66.4 cm³/mol. The van der Waals surface area contributed by atoms with Crippen molar-refractivity contribution in [2.75, 3.05) is 0 Å². The third-order valence-electron chi connectivity index (χ3n) is 2.44. The number of hydrogen-bond donors (Lipinski definition) is 3. The molecule has 1 heterocycles. The number of carboxylic acid groups (broad SMARTS) is 2. The van der Waals surface area contributed by atoms with Crippen LogP contribution in [-0.2, 0) is 26.7 Å². The van der Waals surface area contributed by atoms with E-state index in [-0.39, 0.29) is 24.3 Å². The Kier molecular flexibility index (Phi) is 5.22. The summed E-state index contributed by atoms with van der Waals surface area (Å²) in [7, 11) is -2.47. The van der Waals surface area contributed by atoms with Crippen molar-refractivity contribution in [3.8, 4) is 0 Å². The maximum absolute atomic E-state index is 11.9. The fraction of sp³-hybridized carbons (Fsp3) is 0.500. The second kappa shape index (κ2) is 6.48. The molecule has 0 radical (unpaired) electrons. The standard InChI is InChI=1S/C10H15N3O6S/c1-13-5-8(11-6-13)20(18,19)12-7(10(16)17)3-2-4-9(14)15/h5-7,12H,2-4H2,1H3,(H,14,15)(H,16,17)/t7-/m1/s1. The van der Waals surface area contributed by atoms with Gasteiger partial charge in [-0.1, -0.05) is 0 Å². The van der Waals surface area contributed by atoms with Crippen LogP contribution in [-0.4, -0.2) is 46.2 Å². The van der Waals surface area contributed by atoms with Gasteiger partial charge >= 0.3 is 11.9 Å². The van der Waals surface area contributed by atoms with E-state index in [1.54, 1.807) is 7.05 Å². The van der Waals surface area contributed by atoms with Gasteiger partial charge in [0, 0.05) is 19.7 Å². The Labute approximate surface area is 115 Å². The number of sulfonamides is 1. The minimum absolute atomic E-state index is 0.0526. The molecule has 0 aliphatic rings. The number of nitrogens with one attached hydrogen (secondary N) is 1. The summed E-state index contributed by atoms with van der Waals surface area (Å²) in [6, 6.07) is -1.39. The first-order valence-corrected chi connectivity index (χ1v) is 7.15. The van der Waals surface area contributed by atoms with Crippen LogP contribution in [0.5, 0.6) is 0 Å². The fourth-order valence-corrected chi connectivity index (χ4v) is 2.67. The van der Waals surface area contributed by atoms with Gasteiger partial charge in [-0.25, -0.2) is 13.4 Å². The van der Waals surface area contributed by atoms with Crippen molar-refractivity contribution in [3.05, 3.63) is 12.5 Å². The predicted octanol–water partition coefficient (Wildman–Crippen LogP) is -0.593. The Morgan fingerprint density at radius 3 is 2.55 bits per heavy atom. The highest BCUT2D eigenvalue weighted by molar-refractivity contribution is 7.89. The molecule has 9 nitrogen and oxygen atoms in total. The largest absolute Gasteiger partial charge is 0.481 e. The molecule has 0 unspecified atom stereocenters. The van der Waals surface area contributed by atoms with Gasteiger partial charge in [-0.2, -0.15) is 4.72 Å². The van der Waals surface area contributed by atoms with Crippen LogP contribution in [0, 0.1) is 0 Å². The van der Waals surface area contributed by atoms with E-state index in [0.29, 0.717) is 0 Å². The van der Waals surface area contributed by atoms with Gasteiger partial charge in [-0.3, -0.25) is 9.59 Å². The van der Waals surface area contributed by atoms with Crippen molar-refractivity contribution >= 4 is 22.0 Å². The van der Waals surface area contributed by atoms with Gasteiger partial charge in [0.15, 0.2) is 5.03 Å². The Balaban J connectivity index is 2.74. The minimum atomic E-state index is -4.04. The number of imidazole rings is 1. The minimum Gasteiger partial charge on any atom is -0.481 e. The lowest BCUT2D eigenvalue weighted by Crippen LogP contribution is -2.40. The Hall–Kier alpha value is -1.94. The third-order valence-corrected chi connectivity index (χ3v) is 3.79. The number of carboxylic acids is 2. The molecule has 0 amide bonds. The van der Waals surface area contributed by atoms with Crippen LogP contribution in [0.3, 0.4) is 0 Å². The summed E-state index contributed by atoms with van der Waals surface area (Å²) < 4.78 is 27.2. The normalized spacial score (nSPS) is 13.1. The first-order chi connectivity index (χ1) is 9.22. The second-order valence-electron chi connectivity index (χ2n) is 4.18. The lowest BCUT2D eigenvalue weighted by molar-refractivity contribution is -0.140. The van der Waals surface area contributed by atoms with Crippen LogP contribution in [0.25, 0.3) is 0 Å². The van der Waals surface area contributed by atoms with E-state index < -0.39 is 28.0 Å². The van der Waals surface area contributed by atoms with Crippen LogP contribution in [0.4, 0.5) is 0 Å². The zero-order valence-corrected chi connectivity index (χ0v) is 11.5. The van der Waals surface area contributed by atoms with Gasteiger partial charge < -0.3 is 14.8 Å². The molecule has 0 bridgehead atoms. The smallest absolute Gasteiger partial charge is 0.321 e. The summed E-state index contributed by atoms with van der Waals surface area (Å²) in [6.07, 6.45) is 2.22. The van der Waals surface area contributed by atoms with Gasteiger partial charge in [-0.15, -0.1) is 0 Å². The molecule has 10 heteroatoms. The zero-order chi connectivity index (χ0) is 15.3. The molecular weight excluding hydrogens is 290 g/mol. The van der Waals surface area contributed by atoms with Crippen molar-refractivity contribution in [3.63, 3.8) is 0 Å². The van der Waals surface area contributed by atoms with Crippen LogP contribution in [0.1, 0.15) is 19.3 Å². The van der Waals surface area contributed by atoms with Gasteiger partial charge in [0.2, 0.25) is 0 Å². The quantitative estimate of drug-likeness (QED) is 0.583. The first-order valence-electron chi connectivity index (χ1n) is 5.67. The molecule has 3 N–H and O–H groups in total. The van der Waals surface area contributed by atoms with Crippen molar-refractivity contribution < 1.29 is 28.2 Å². The lowest BCUT2D eigenvalue weighted by Gasteiger charge is -2.13. The lowest BCUT2D eigenvalue weighted by atomic mass is 10.1. The van der Waals surface area contributed by atoms with E-state index >= 15 is 0 Å². The average molecular weight is 305 g/mol. The number of aromatic nitrogens is 2. The number of aryl methyl sites for hydroxylation is 1. The van der Waals surface area contributed by atoms with E-state index in [9.17, 15) is 18.0 Å². The van der Waals surface area contributed by atoms with Crippen molar-refractivity contribution in [1.82, 2.24) is 14.3 Å². The topological polar surface area (TPSA) is 139 Å². The molecule has 0 saturated carbocycles. The summed E-state index contributed by atoms with van der Waals surface area (Å²) >= 11 is 0. The molecule has 1 aromatic rings. The molecule has 0 spiro atoms. The average Bonchev–Trinajstić information content (AvgIpc) is 2.74. The van der Waals surface area contributed by atoms with E-state index in [4.69, 9.17) is 10.2 Å². The van der Waals surface area contributed by atoms with Gasteiger partial charge in [-0.05, 0) is 12.8 Å². The van der Waals surface area contributed by atoms with E-state index in [2.05, 4.69) is 4.98 Å². The molecule has 0 aliphatic carbocycles. The molecule has 20 heavy (non-hydrogen) atoms. The highest BCUT2D eigenvalue weighted by Gasteiger charge is 2.26. The number of carbonyl (C=O) groups is 2. The molecule has 1 aromatic heterocycles.